The molecular weight excluding hydrogens is 745 g/mol. The van der Waals surface area contributed by atoms with Crippen molar-refractivity contribution in [3.63, 3.8) is 0 Å². The first kappa shape index (κ1) is 57.9. The van der Waals surface area contributed by atoms with Crippen LogP contribution < -0.4 is 0 Å². The Balaban J connectivity index is 4.21. The van der Waals surface area contributed by atoms with Gasteiger partial charge in [0, 0.05) is 19.3 Å². The van der Waals surface area contributed by atoms with E-state index in [-0.39, 0.29) is 31.1 Å². The lowest BCUT2D eigenvalue weighted by Gasteiger charge is -2.18. The van der Waals surface area contributed by atoms with Gasteiger partial charge in [0.2, 0.25) is 0 Å². The second-order valence-corrected chi connectivity index (χ2v) is 17.8. The third kappa shape index (κ3) is 46.9. The van der Waals surface area contributed by atoms with Crippen LogP contribution in [0.2, 0.25) is 0 Å². The molecule has 0 aromatic carbocycles. The molecule has 0 aromatic rings. The van der Waals surface area contributed by atoms with Gasteiger partial charge in [0.25, 0.3) is 0 Å². The van der Waals surface area contributed by atoms with E-state index in [1.165, 1.54) is 167 Å². The van der Waals surface area contributed by atoms with Gasteiger partial charge in [0.05, 0.1) is 0 Å². The summed E-state index contributed by atoms with van der Waals surface area (Å²) < 4.78 is 16.7. The first-order valence-corrected chi connectivity index (χ1v) is 26.3. The van der Waals surface area contributed by atoms with Gasteiger partial charge in [0.1, 0.15) is 13.2 Å². The minimum Gasteiger partial charge on any atom is -0.462 e. The average Bonchev–Trinajstić information content (AvgIpc) is 3.24. The molecule has 60 heavy (non-hydrogen) atoms. The molecule has 0 aliphatic carbocycles. The zero-order valence-electron chi connectivity index (χ0n) is 40.2. The number of esters is 3. The van der Waals surface area contributed by atoms with Crippen LogP contribution >= 0.6 is 0 Å². The van der Waals surface area contributed by atoms with Crippen LogP contribution in [0.4, 0.5) is 0 Å². The average molecular weight is 845 g/mol. The van der Waals surface area contributed by atoms with Crippen molar-refractivity contribution >= 4 is 17.9 Å². The molecule has 0 aliphatic rings. The van der Waals surface area contributed by atoms with E-state index >= 15 is 0 Å². The van der Waals surface area contributed by atoms with Crippen molar-refractivity contribution in [2.24, 2.45) is 0 Å². The van der Waals surface area contributed by atoms with E-state index in [4.69, 9.17) is 14.2 Å². The molecule has 1 unspecified atom stereocenters. The fraction of sp³-hybridized carbons (Fsp3) is 0.870. The number of unbranched alkanes of at least 4 members (excludes halogenated alkanes) is 33. The summed E-state index contributed by atoms with van der Waals surface area (Å²) in [6.07, 6.45) is 56.1. The maximum Gasteiger partial charge on any atom is 0.306 e. The van der Waals surface area contributed by atoms with Gasteiger partial charge in [-0.25, -0.2) is 0 Å². The highest BCUT2D eigenvalue weighted by Crippen LogP contribution is 2.16. The van der Waals surface area contributed by atoms with Crippen molar-refractivity contribution < 1.29 is 28.6 Å². The Labute approximate surface area is 373 Å². The normalized spacial score (nSPS) is 12.1. The van der Waals surface area contributed by atoms with Crippen LogP contribution in [0.3, 0.4) is 0 Å². The van der Waals surface area contributed by atoms with E-state index in [9.17, 15) is 14.4 Å². The second kappa shape index (κ2) is 49.5. The summed E-state index contributed by atoms with van der Waals surface area (Å²) in [6.45, 7) is 6.60. The quantitative estimate of drug-likeness (QED) is 0.0263. The summed E-state index contributed by atoms with van der Waals surface area (Å²) in [5.74, 6) is -0.880. The Morgan fingerprint density at radius 1 is 0.333 bits per heavy atom. The summed E-state index contributed by atoms with van der Waals surface area (Å²) in [5.41, 5.74) is 0. The van der Waals surface area contributed by atoms with Gasteiger partial charge in [-0.1, -0.05) is 238 Å². The lowest BCUT2D eigenvalue weighted by atomic mass is 10.0. The zero-order valence-corrected chi connectivity index (χ0v) is 40.2. The lowest BCUT2D eigenvalue weighted by molar-refractivity contribution is -0.167. The van der Waals surface area contributed by atoms with Crippen LogP contribution in [0, 0.1) is 0 Å². The molecule has 0 N–H and O–H groups in total. The first-order valence-electron chi connectivity index (χ1n) is 26.3. The Morgan fingerprint density at radius 3 is 0.933 bits per heavy atom. The molecule has 0 rings (SSSR count). The number of rotatable bonds is 48. The summed E-state index contributed by atoms with van der Waals surface area (Å²) >= 11 is 0. The maximum atomic E-state index is 12.8. The summed E-state index contributed by atoms with van der Waals surface area (Å²) in [7, 11) is 0. The minimum absolute atomic E-state index is 0.0727. The molecule has 0 amide bonds. The molecule has 0 spiro atoms. The third-order valence-electron chi connectivity index (χ3n) is 11.7. The number of allylic oxidation sites excluding steroid dienone is 4. The number of ether oxygens (including phenoxy) is 3. The molecule has 352 valence electrons. The predicted octanol–water partition coefficient (Wildman–Crippen LogP) is 17.2. The maximum absolute atomic E-state index is 12.8. The van der Waals surface area contributed by atoms with E-state index in [2.05, 4.69) is 45.1 Å². The summed E-state index contributed by atoms with van der Waals surface area (Å²) in [5, 5.41) is 0. The lowest BCUT2D eigenvalue weighted by Crippen LogP contribution is -2.30. The summed E-state index contributed by atoms with van der Waals surface area (Å²) in [4.78, 5) is 37.8. The predicted molar refractivity (Wildman–Crippen MR) is 256 cm³/mol. The van der Waals surface area contributed by atoms with Crippen LogP contribution in [0.1, 0.15) is 284 Å². The van der Waals surface area contributed by atoms with Crippen LogP contribution in [0.25, 0.3) is 0 Å². The minimum atomic E-state index is -0.771. The van der Waals surface area contributed by atoms with Gasteiger partial charge in [0.15, 0.2) is 6.10 Å². The summed E-state index contributed by atoms with van der Waals surface area (Å²) in [6, 6.07) is 0. The van der Waals surface area contributed by atoms with Crippen molar-refractivity contribution in [2.75, 3.05) is 13.2 Å². The number of carbonyl (C=O) groups is 3. The Bertz CT molecular complexity index is 973. The smallest absolute Gasteiger partial charge is 0.306 e. The van der Waals surface area contributed by atoms with E-state index in [1.54, 1.807) is 0 Å². The van der Waals surface area contributed by atoms with Crippen molar-refractivity contribution in [2.45, 2.75) is 290 Å². The molecule has 0 bridgehead atoms. The van der Waals surface area contributed by atoms with Crippen LogP contribution in [0.5, 0.6) is 0 Å². The van der Waals surface area contributed by atoms with Gasteiger partial charge in [-0.3, -0.25) is 14.4 Å². The fourth-order valence-electron chi connectivity index (χ4n) is 7.71. The topological polar surface area (TPSA) is 78.9 Å². The zero-order chi connectivity index (χ0) is 43.7. The van der Waals surface area contributed by atoms with Crippen molar-refractivity contribution in [3.8, 4) is 0 Å². The highest BCUT2D eigenvalue weighted by Gasteiger charge is 2.19. The highest BCUT2D eigenvalue weighted by atomic mass is 16.6. The monoisotopic (exact) mass is 845 g/mol. The molecule has 0 heterocycles. The van der Waals surface area contributed by atoms with E-state index in [0.29, 0.717) is 19.3 Å². The number of hydrogen-bond acceptors (Lipinski definition) is 6. The molecule has 0 aliphatic heterocycles. The number of carbonyl (C=O) groups excluding carboxylic acids is 3. The van der Waals surface area contributed by atoms with E-state index < -0.39 is 6.10 Å². The van der Waals surface area contributed by atoms with Crippen molar-refractivity contribution in [1.29, 1.82) is 0 Å². The van der Waals surface area contributed by atoms with E-state index in [1.807, 2.05) is 0 Å². The van der Waals surface area contributed by atoms with Crippen LogP contribution in [-0.4, -0.2) is 37.2 Å². The largest absolute Gasteiger partial charge is 0.462 e. The molecule has 0 saturated carbocycles. The van der Waals surface area contributed by atoms with Crippen molar-refractivity contribution in [3.05, 3.63) is 24.3 Å². The Morgan fingerprint density at radius 2 is 0.600 bits per heavy atom. The Kier molecular flexibility index (Phi) is 47.8. The van der Waals surface area contributed by atoms with Crippen LogP contribution in [-0.2, 0) is 28.6 Å². The molecule has 6 nitrogen and oxygen atoms in total. The van der Waals surface area contributed by atoms with Gasteiger partial charge in [-0.2, -0.15) is 0 Å². The molecular formula is C54H100O6. The standard InChI is InChI=1S/C54H100O6/c1-4-7-10-13-16-18-20-22-24-26-27-28-30-31-33-35-38-41-44-47-53(56)59-50-51(49-58-52(55)46-43-40-37-15-12-9-6-3)60-54(57)48-45-42-39-36-34-32-29-25-23-21-19-17-14-11-8-5-2/h19,21,25,29,51H,4-18,20,22-24,26-28,30-50H2,1-3H3/b21-19-,29-25-. The second-order valence-electron chi connectivity index (χ2n) is 17.8. The van der Waals surface area contributed by atoms with Crippen molar-refractivity contribution in [1.82, 2.24) is 0 Å². The van der Waals surface area contributed by atoms with Gasteiger partial charge in [-0.05, 0) is 51.4 Å². The Hall–Kier alpha value is -2.11. The molecule has 0 radical (unpaired) electrons. The fourth-order valence-corrected chi connectivity index (χ4v) is 7.71. The molecule has 6 heteroatoms. The SMILES string of the molecule is CCCCCC/C=C\C/C=C\CCCCCCCC(=O)OC(COC(=O)CCCCCCCCC)COC(=O)CCCCCCCCCCCCCCCCCCCCC. The molecule has 0 fully saturated rings. The van der Waals surface area contributed by atoms with Gasteiger partial charge in [-0.15, -0.1) is 0 Å². The van der Waals surface area contributed by atoms with Gasteiger partial charge < -0.3 is 14.2 Å². The first-order chi connectivity index (χ1) is 29.5. The molecule has 0 aromatic heterocycles. The van der Waals surface area contributed by atoms with Gasteiger partial charge >= 0.3 is 17.9 Å². The molecule has 0 saturated heterocycles. The highest BCUT2D eigenvalue weighted by molar-refractivity contribution is 5.71. The molecule has 1 atom stereocenters. The number of hydrogen-bond donors (Lipinski definition) is 0. The van der Waals surface area contributed by atoms with Crippen LogP contribution in [0.15, 0.2) is 24.3 Å². The van der Waals surface area contributed by atoms with E-state index in [0.717, 1.165) is 77.0 Å². The third-order valence-corrected chi connectivity index (χ3v) is 11.7.